The number of hydrogen-bond donors (Lipinski definition) is 0. The molecule has 0 saturated carbocycles. The zero-order valence-corrected chi connectivity index (χ0v) is 9.00. The number of rotatable bonds is 3. The van der Waals surface area contributed by atoms with E-state index in [0.29, 0.717) is 0 Å². The van der Waals surface area contributed by atoms with E-state index in [-0.39, 0.29) is 18.1 Å². The van der Waals surface area contributed by atoms with Gasteiger partial charge in [-0.15, -0.1) is 0 Å². The molecule has 2 rings (SSSR count). The van der Waals surface area contributed by atoms with E-state index in [1.54, 1.807) is 6.07 Å². The Bertz CT molecular complexity index is 531. The van der Waals surface area contributed by atoms with Crippen LogP contribution < -0.4 is 4.74 Å². The molecule has 2 nitrogen and oxygen atoms in total. The van der Waals surface area contributed by atoms with Crippen molar-refractivity contribution in [2.24, 2.45) is 0 Å². The van der Waals surface area contributed by atoms with Gasteiger partial charge in [0.25, 0.3) is 0 Å². The molecule has 0 amide bonds. The summed E-state index contributed by atoms with van der Waals surface area (Å²) < 4.78 is 59.4. The third-order valence-corrected chi connectivity index (χ3v) is 2.15. The minimum Gasteiger partial charge on any atom is -0.483 e. The van der Waals surface area contributed by atoms with Gasteiger partial charge in [0.2, 0.25) is 5.76 Å². The molecule has 0 spiro atoms. The number of ether oxygens (including phenoxy) is 1. The lowest BCUT2D eigenvalue weighted by atomic mass is 10.3. The molecule has 1 aromatic carbocycles. The highest BCUT2D eigenvalue weighted by Gasteiger charge is 2.34. The Morgan fingerprint density at radius 2 is 1.78 bits per heavy atom. The maximum absolute atomic E-state index is 13.2. The Morgan fingerprint density at radius 1 is 1.06 bits per heavy atom. The molecule has 0 saturated heterocycles. The number of furan rings is 1. The fourth-order valence-electron chi connectivity index (χ4n) is 1.32. The van der Waals surface area contributed by atoms with E-state index in [1.807, 2.05) is 0 Å². The minimum absolute atomic E-state index is 0.0226. The highest BCUT2D eigenvalue weighted by atomic mass is 19.4. The van der Waals surface area contributed by atoms with Gasteiger partial charge in [0.15, 0.2) is 11.6 Å². The van der Waals surface area contributed by atoms with E-state index >= 15 is 0 Å². The van der Waals surface area contributed by atoms with Crippen molar-refractivity contribution >= 4 is 0 Å². The molecular weight excluding hydrogens is 252 g/mol. The van der Waals surface area contributed by atoms with Gasteiger partial charge in [-0.25, -0.2) is 4.39 Å². The van der Waals surface area contributed by atoms with Crippen LogP contribution in [0.5, 0.6) is 5.75 Å². The Morgan fingerprint density at radius 3 is 2.39 bits per heavy atom. The van der Waals surface area contributed by atoms with Crippen LogP contribution in [0.3, 0.4) is 0 Å². The summed E-state index contributed by atoms with van der Waals surface area (Å²) in [4.78, 5) is 0. The van der Waals surface area contributed by atoms with Gasteiger partial charge in [0, 0.05) is 0 Å². The van der Waals surface area contributed by atoms with E-state index in [4.69, 9.17) is 4.74 Å². The maximum Gasteiger partial charge on any atom is 0.449 e. The molecule has 0 radical (unpaired) electrons. The van der Waals surface area contributed by atoms with Gasteiger partial charge in [-0.05, 0) is 24.3 Å². The highest BCUT2D eigenvalue weighted by Crippen LogP contribution is 2.30. The molecule has 6 heteroatoms. The Hall–Kier alpha value is -1.98. The van der Waals surface area contributed by atoms with E-state index < -0.39 is 17.8 Å². The average molecular weight is 260 g/mol. The summed E-state index contributed by atoms with van der Waals surface area (Å²) in [7, 11) is 0. The summed E-state index contributed by atoms with van der Waals surface area (Å²) in [5.74, 6) is -1.75. The van der Waals surface area contributed by atoms with Gasteiger partial charge in [0.1, 0.15) is 12.4 Å². The third-order valence-electron chi connectivity index (χ3n) is 2.15. The van der Waals surface area contributed by atoms with E-state index in [0.717, 1.165) is 12.1 Å². The first kappa shape index (κ1) is 12.5. The Labute approximate surface area is 99.8 Å². The molecule has 96 valence electrons. The quantitative estimate of drug-likeness (QED) is 0.778. The molecule has 0 unspecified atom stereocenters. The highest BCUT2D eigenvalue weighted by molar-refractivity contribution is 5.23. The van der Waals surface area contributed by atoms with Gasteiger partial charge in [0.05, 0.1) is 0 Å². The van der Waals surface area contributed by atoms with Crippen LogP contribution in [0.1, 0.15) is 11.5 Å². The van der Waals surface area contributed by atoms with E-state index in [9.17, 15) is 17.6 Å². The van der Waals surface area contributed by atoms with Crippen LogP contribution in [0.4, 0.5) is 17.6 Å². The molecule has 0 fully saturated rings. The first-order valence-electron chi connectivity index (χ1n) is 5.00. The minimum atomic E-state index is -4.53. The molecular formula is C12H8F4O2. The van der Waals surface area contributed by atoms with Gasteiger partial charge in [-0.2, -0.15) is 13.2 Å². The van der Waals surface area contributed by atoms with Crippen molar-refractivity contribution in [2.75, 3.05) is 0 Å². The van der Waals surface area contributed by atoms with Crippen LogP contribution in [0.2, 0.25) is 0 Å². The summed E-state index contributed by atoms with van der Waals surface area (Å²) in [5, 5.41) is 0. The molecule has 1 heterocycles. The zero-order chi connectivity index (χ0) is 13.2. The Balaban J connectivity index is 2.03. The van der Waals surface area contributed by atoms with Crippen LogP contribution in [0.25, 0.3) is 0 Å². The molecule has 0 aliphatic carbocycles. The normalized spacial score (nSPS) is 11.6. The lowest BCUT2D eigenvalue weighted by Crippen LogP contribution is -2.02. The molecule has 0 bridgehead atoms. The van der Waals surface area contributed by atoms with Crippen molar-refractivity contribution in [3.8, 4) is 5.75 Å². The number of alkyl halides is 3. The average Bonchev–Trinajstić information content (AvgIpc) is 2.76. The van der Waals surface area contributed by atoms with Crippen LogP contribution in [0, 0.1) is 5.82 Å². The van der Waals surface area contributed by atoms with Crippen molar-refractivity contribution < 1.29 is 26.7 Å². The summed E-state index contributed by atoms with van der Waals surface area (Å²) in [5.41, 5.74) is 0. The fourth-order valence-corrected chi connectivity index (χ4v) is 1.32. The smallest absolute Gasteiger partial charge is 0.449 e. The third kappa shape index (κ3) is 2.82. The van der Waals surface area contributed by atoms with E-state index in [1.165, 1.54) is 18.2 Å². The van der Waals surface area contributed by atoms with E-state index in [2.05, 4.69) is 4.42 Å². The lowest BCUT2D eigenvalue weighted by Gasteiger charge is -2.05. The van der Waals surface area contributed by atoms with Crippen molar-refractivity contribution in [1.29, 1.82) is 0 Å². The number of benzene rings is 1. The zero-order valence-electron chi connectivity index (χ0n) is 9.00. The van der Waals surface area contributed by atoms with Crippen molar-refractivity contribution in [2.45, 2.75) is 12.8 Å². The maximum atomic E-state index is 13.2. The van der Waals surface area contributed by atoms with Crippen LogP contribution in [-0.2, 0) is 12.8 Å². The largest absolute Gasteiger partial charge is 0.483 e. The molecule has 1 aromatic heterocycles. The van der Waals surface area contributed by atoms with Gasteiger partial charge < -0.3 is 9.15 Å². The Kier molecular flexibility index (Phi) is 3.27. The second-order valence-electron chi connectivity index (χ2n) is 3.48. The second-order valence-corrected chi connectivity index (χ2v) is 3.48. The predicted octanol–water partition coefficient (Wildman–Crippen LogP) is 4.02. The van der Waals surface area contributed by atoms with Crippen LogP contribution >= 0.6 is 0 Å². The molecule has 0 N–H and O–H groups in total. The molecule has 0 atom stereocenters. The number of para-hydroxylation sites is 1. The van der Waals surface area contributed by atoms with Crippen LogP contribution in [0.15, 0.2) is 40.8 Å². The molecule has 2 aromatic rings. The SMILES string of the molecule is Fc1ccccc1OCc1ccc(C(F)(F)F)o1. The van der Waals surface area contributed by atoms with Crippen molar-refractivity contribution in [1.82, 2.24) is 0 Å². The summed E-state index contributed by atoms with van der Waals surface area (Å²) >= 11 is 0. The van der Waals surface area contributed by atoms with Gasteiger partial charge >= 0.3 is 6.18 Å². The molecule has 18 heavy (non-hydrogen) atoms. The summed E-state index contributed by atoms with van der Waals surface area (Å²) in [6, 6.07) is 7.56. The lowest BCUT2D eigenvalue weighted by molar-refractivity contribution is -0.153. The van der Waals surface area contributed by atoms with Gasteiger partial charge in [-0.1, -0.05) is 12.1 Å². The van der Waals surface area contributed by atoms with Crippen molar-refractivity contribution in [3.05, 3.63) is 53.7 Å². The standard InChI is InChI=1S/C12H8F4O2/c13-9-3-1-2-4-10(9)17-7-8-5-6-11(18-8)12(14,15)16/h1-6H,7H2. The first-order valence-corrected chi connectivity index (χ1v) is 5.00. The second kappa shape index (κ2) is 4.72. The topological polar surface area (TPSA) is 22.4 Å². The first-order chi connectivity index (χ1) is 8.47. The molecule has 0 aliphatic heterocycles. The summed E-state index contributed by atoms with van der Waals surface area (Å²) in [6.45, 7) is -0.267. The predicted molar refractivity (Wildman–Crippen MR) is 54.4 cm³/mol. The molecule has 0 aliphatic rings. The van der Waals surface area contributed by atoms with Crippen molar-refractivity contribution in [3.63, 3.8) is 0 Å². The monoisotopic (exact) mass is 260 g/mol. The number of hydrogen-bond acceptors (Lipinski definition) is 2. The fraction of sp³-hybridized carbons (Fsp3) is 0.167. The summed E-state index contributed by atoms with van der Waals surface area (Å²) in [6.07, 6.45) is -4.53. The number of halogens is 4. The van der Waals surface area contributed by atoms with Gasteiger partial charge in [-0.3, -0.25) is 0 Å². The van der Waals surface area contributed by atoms with Crippen LogP contribution in [-0.4, -0.2) is 0 Å².